The quantitative estimate of drug-likeness (QED) is 0.570. The van der Waals surface area contributed by atoms with Gasteiger partial charge in [0.1, 0.15) is 0 Å². The summed E-state index contributed by atoms with van der Waals surface area (Å²) in [4.78, 5) is 5.79. The van der Waals surface area contributed by atoms with Crippen LogP contribution in [-0.2, 0) is 13.0 Å². The number of hydrogen-bond donors (Lipinski definition) is 1. The van der Waals surface area contributed by atoms with Gasteiger partial charge in [-0.3, -0.25) is 4.90 Å². The fraction of sp³-hybridized carbons (Fsp3) is 0.200. The van der Waals surface area contributed by atoms with Gasteiger partial charge in [0.05, 0.1) is 0 Å². The molecule has 0 unspecified atom stereocenters. The first-order chi connectivity index (χ1) is 11.3. The van der Waals surface area contributed by atoms with Crippen molar-refractivity contribution >= 4 is 26.8 Å². The lowest BCUT2D eigenvalue weighted by atomic mass is 10.1. The minimum absolute atomic E-state index is 0.901. The van der Waals surface area contributed by atoms with E-state index in [2.05, 4.69) is 87.1 Å². The smallest absolute Gasteiger partial charge is 0.0468 e. The van der Waals surface area contributed by atoms with Crippen molar-refractivity contribution in [3.63, 3.8) is 0 Å². The molecule has 118 valence electrons. The molecular weight excluding hydrogens is 348 g/mol. The van der Waals surface area contributed by atoms with Gasteiger partial charge in [-0.1, -0.05) is 58.4 Å². The Balaban J connectivity index is 1.72. The van der Waals surface area contributed by atoms with Crippen LogP contribution in [0.25, 0.3) is 10.9 Å². The molecule has 0 aliphatic carbocycles. The lowest BCUT2D eigenvalue weighted by Gasteiger charge is -2.20. The first kappa shape index (κ1) is 16.0. The number of nitrogens with one attached hydrogen (secondary N) is 1. The maximum atomic E-state index is 3.90. The van der Waals surface area contributed by atoms with Gasteiger partial charge in [0.2, 0.25) is 0 Å². The zero-order chi connectivity index (χ0) is 16.1. The van der Waals surface area contributed by atoms with Gasteiger partial charge in [-0.2, -0.15) is 0 Å². The number of rotatable bonds is 7. The summed E-state index contributed by atoms with van der Waals surface area (Å²) in [6.45, 7) is 6.76. The molecule has 0 fully saturated rings. The molecule has 0 aliphatic heterocycles. The van der Waals surface area contributed by atoms with Crippen LogP contribution in [-0.4, -0.2) is 23.0 Å². The van der Waals surface area contributed by atoms with Crippen LogP contribution in [0.15, 0.2) is 71.9 Å². The Hall–Kier alpha value is -1.84. The molecule has 1 N–H and O–H groups in total. The van der Waals surface area contributed by atoms with Gasteiger partial charge in [0, 0.05) is 41.2 Å². The third kappa shape index (κ3) is 3.92. The first-order valence-electron chi connectivity index (χ1n) is 7.89. The minimum Gasteiger partial charge on any atom is -0.361 e. The molecule has 0 saturated carbocycles. The lowest BCUT2D eigenvalue weighted by molar-refractivity contribution is 0.299. The first-order valence-corrected chi connectivity index (χ1v) is 8.69. The summed E-state index contributed by atoms with van der Waals surface area (Å²) in [5.74, 6) is 0. The van der Waals surface area contributed by atoms with Crippen molar-refractivity contribution in [1.29, 1.82) is 0 Å². The van der Waals surface area contributed by atoms with Crippen LogP contribution in [0.3, 0.4) is 0 Å². The molecule has 3 rings (SSSR count). The zero-order valence-electron chi connectivity index (χ0n) is 13.1. The Morgan fingerprint density at radius 2 is 1.91 bits per heavy atom. The van der Waals surface area contributed by atoms with Crippen LogP contribution in [0, 0.1) is 0 Å². The van der Waals surface area contributed by atoms with Crippen molar-refractivity contribution < 1.29 is 0 Å². The van der Waals surface area contributed by atoms with E-state index in [9.17, 15) is 0 Å². The number of H-pyrrole nitrogens is 1. The van der Waals surface area contributed by atoms with Crippen molar-refractivity contribution in [1.82, 2.24) is 9.88 Å². The number of fused-ring (bicyclic) bond motifs is 1. The van der Waals surface area contributed by atoms with E-state index >= 15 is 0 Å². The minimum atomic E-state index is 0.901. The predicted octanol–water partition coefficient (Wildman–Crippen LogP) is 5.16. The van der Waals surface area contributed by atoms with Crippen LogP contribution < -0.4 is 0 Å². The Labute approximate surface area is 146 Å². The van der Waals surface area contributed by atoms with Gasteiger partial charge in [0.15, 0.2) is 0 Å². The number of benzene rings is 2. The summed E-state index contributed by atoms with van der Waals surface area (Å²) in [7, 11) is 0. The molecule has 2 nitrogen and oxygen atoms in total. The summed E-state index contributed by atoms with van der Waals surface area (Å²) >= 11 is 3.67. The molecule has 1 heterocycles. The standard InChI is InChI=1S/C20H21BrN2/c1-2-12-23(15-16-7-4-3-5-8-16)13-11-17-14-22-19-10-6-9-18(21)20(17)19/h2-10,14,22H,1,11-13,15H2. The highest BCUT2D eigenvalue weighted by Gasteiger charge is 2.10. The molecule has 23 heavy (non-hydrogen) atoms. The third-order valence-electron chi connectivity index (χ3n) is 4.07. The maximum absolute atomic E-state index is 3.90. The Bertz CT molecular complexity index is 777. The SMILES string of the molecule is C=CCN(CCc1c[nH]c2cccc(Br)c12)Cc1ccccc1. The van der Waals surface area contributed by atoms with Gasteiger partial charge >= 0.3 is 0 Å². The van der Waals surface area contributed by atoms with E-state index in [4.69, 9.17) is 0 Å². The van der Waals surface area contributed by atoms with Crippen LogP contribution in [0.4, 0.5) is 0 Å². The second kappa shape index (κ2) is 7.62. The summed E-state index contributed by atoms with van der Waals surface area (Å²) in [6, 6.07) is 16.9. The van der Waals surface area contributed by atoms with Crippen molar-refractivity contribution in [2.75, 3.05) is 13.1 Å². The monoisotopic (exact) mass is 368 g/mol. The number of hydrogen-bond acceptors (Lipinski definition) is 1. The van der Waals surface area contributed by atoms with Crippen LogP contribution in [0.1, 0.15) is 11.1 Å². The zero-order valence-corrected chi connectivity index (χ0v) is 14.7. The molecule has 1 aromatic heterocycles. The van der Waals surface area contributed by atoms with E-state index in [1.165, 1.54) is 22.0 Å². The van der Waals surface area contributed by atoms with Crippen molar-refractivity contribution in [3.05, 3.63) is 83.0 Å². The molecule has 2 aromatic carbocycles. The lowest BCUT2D eigenvalue weighted by Crippen LogP contribution is -2.25. The highest BCUT2D eigenvalue weighted by molar-refractivity contribution is 9.10. The molecule has 0 bridgehead atoms. The molecule has 0 spiro atoms. The molecule has 3 heteroatoms. The third-order valence-corrected chi connectivity index (χ3v) is 4.73. The predicted molar refractivity (Wildman–Crippen MR) is 102 cm³/mol. The highest BCUT2D eigenvalue weighted by Crippen LogP contribution is 2.27. The second-order valence-electron chi connectivity index (χ2n) is 5.74. The van der Waals surface area contributed by atoms with Crippen molar-refractivity contribution in [2.24, 2.45) is 0 Å². The Morgan fingerprint density at radius 1 is 1.09 bits per heavy atom. The summed E-state index contributed by atoms with van der Waals surface area (Å²) in [6.07, 6.45) is 5.13. The average Bonchev–Trinajstić information content (AvgIpc) is 2.98. The van der Waals surface area contributed by atoms with E-state index in [-0.39, 0.29) is 0 Å². The normalized spacial score (nSPS) is 11.2. The van der Waals surface area contributed by atoms with Crippen LogP contribution in [0.2, 0.25) is 0 Å². The van der Waals surface area contributed by atoms with E-state index in [1.54, 1.807) is 0 Å². The maximum Gasteiger partial charge on any atom is 0.0468 e. The second-order valence-corrected chi connectivity index (χ2v) is 6.59. The largest absolute Gasteiger partial charge is 0.361 e. The van der Waals surface area contributed by atoms with Gasteiger partial charge in [-0.25, -0.2) is 0 Å². The van der Waals surface area contributed by atoms with E-state index < -0.39 is 0 Å². The van der Waals surface area contributed by atoms with Crippen LogP contribution in [0.5, 0.6) is 0 Å². The molecule has 0 atom stereocenters. The molecule has 0 saturated heterocycles. The summed E-state index contributed by atoms with van der Waals surface area (Å²) < 4.78 is 1.16. The molecule has 0 amide bonds. The summed E-state index contributed by atoms with van der Waals surface area (Å²) in [5.41, 5.74) is 3.89. The fourth-order valence-corrected chi connectivity index (χ4v) is 3.56. The van der Waals surface area contributed by atoms with E-state index in [1.807, 2.05) is 6.08 Å². The van der Waals surface area contributed by atoms with E-state index in [0.717, 1.165) is 30.5 Å². The number of aromatic amines is 1. The van der Waals surface area contributed by atoms with E-state index in [0.29, 0.717) is 0 Å². The Kier molecular flexibility index (Phi) is 5.31. The average molecular weight is 369 g/mol. The summed E-state index contributed by atoms with van der Waals surface area (Å²) in [5, 5.41) is 1.30. The van der Waals surface area contributed by atoms with Gasteiger partial charge < -0.3 is 4.98 Å². The van der Waals surface area contributed by atoms with Gasteiger partial charge in [0.25, 0.3) is 0 Å². The fourth-order valence-electron chi connectivity index (χ4n) is 2.94. The van der Waals surface area contributed by atoms with Crippen molar-refractivity contribution in [2.45, 2.75) is 13.0 Å². The van der Waals surface area contributed by atoms with Crippen molar-refractivity contribution in [3.8, 4) is 0 Å². The van der Waals surface area contributed by atoms with Gasteiger partial charge in [-0.15, -0.1) is 6.58 Å². The topological polar surface area (TPSA) is 19.0 Å². The highest BCUT2D eigenvalue weighted by atomic mass is 79.9. The van der Waals surface area contributed by atoms with Gasteiger partial charge in [-0.05, 0) is 29.7 Å². The Morgan fingerprint density at radius 3 is 2.70 bits per heavy atom. The molecule has 0 aliphatic rings. The molecule has 3 aromatic rings. The number of nitrogens with zero attached hydrogens (tertiary/aromatic N) is 1. The molecular formula is C20H21BrN2. The number of halogens is 1. The molecule has 0 radical (unpaired) electrons. The number of aromatic nitrogens is 1. The van der Waals surface area contributed by atoms with Crippen LogP contribution >= 0.6 is 15.9 Å².